The molecule has 0 atom stereocenters. The monoisotopic (exact) mass is 380 g/mol. The molecule has 2 N–H and O–H groups in total. The smallest absolute Gasteiger partial charge is 0.320 e. The minimum Gasteiger partial charge on any atom is -0.385 e. The first-order chi connectivity index (χ1) is 13.5. The summed E-state index contributed by atoms with van der Waals surface area (Å²) in [5, 5.41) is 21.9. The lowest BCUT2D eigenvalue weighted by molar-refractivity contribution is -0.0330. The Morgan fingerprint density at radius 3 is 1.29 bits per heavy atom. The van der Waals surface area contributed by atoms with Crippen molar-refractivity contribution in [3.8, 4) is 0 Å². The molecule has 2 aliphatic heterocycles. The highest BCUT2D eigenvalue weighted by Crippen LogP contribution is 2.35. The third-order valence-corrected chi connectivity index (χ3v) is 6.34. The highest BCUT2D eigenvalue weighted by molar-refractivity contribution is 5.74. The number of aliphatic hydroxyl groups is 2. The van der Waals surface area contributed by atoms with Gasteiger partial charge in [0.2, 0.25) is 0 Å². The molecule has 0 spiro atoms. The molecule has 2 aromatic carbocycles. The summed E-state index contributed by atoms with van der Waals surface area (Å²) in [5.41, 5.74) is 0.141. The Morgan fingerprint density at radius 2 is 0.964 bits per heavy atom. The Morgan fingerprint density at radius 1 is 0.643 bits per heavy atom. The molecule has 2 heterocycles. The zero-order valence-electron chi connectivity index (χ0n) is 16.1. The predicted octanol–water partition coefficient (Wildman–Crippen LogP) is 3.07. The first kappa shape index (κ1) is 19.0. The summed E-state index contributed by atoms with van der Waals surface area (Å²) in [6.45, 7) is 2.18. The largest absolute Gasteiger partial charge is 0.385 e. The molecular weight excluding hydrogens is 352 g/mol. The van der Waals surface area contributed by atoms with E-state index in [1.54, 1.807) is 0 Å². The average Bonchev–Trinajstić information content (AvgIpc) is 2.76. The van der Waals surface area contributed by atoms with Gasteiger partial charge in [-0.3, -0.25) is 0 Å². The molecule has 0 saturated carbocycles. The van der Waals surface area contributed by atoms with E-state index in [-0.39, 0.29) is 6.03 Å². The van der Waals surface area contributed by atoms with E-state index in [2.05, 4.69) is 0 Å². The summed E-state index contributed by atoms with van der Waals surface area (Å²) in [5.74, 6) is 0. The minimum atomic E-state index is -0.854. The van der Waals surface area contributed by atoms with Gasteiger partial charge in [-0.25, -0.2) is 4.79 Å². The molecule has 2 saturated heterocycles. The quantitative estimate of drug-likeness (QED) is 0.842. The number of hydrogen-bond acceptors (Lipinski definition) is 3. The molecule has 28 heavy (non-hydrogen) atoms. The summed E-state index contributed by atoms with van der Waals surface area (Å²) >= 11 is 0. The second-order valence-corrected chi connectivity index (χ2v) is 8.05. The van der Waals surface area contributed by atoms with E-state index in [1.807, 2.05) is 70.5 Å². The van der Waals surface area contributed by atoms with Crippen LogP contribution in [0.5, 0.6) is 0 Å². The normalized spacial score (nSPS) is 21.4. The molecule has 5 heteroatoms. The van der Waals surface area contributed by atoms with E-state index in [9.17, 15) is 15.0 Å². The van der Waals surface area contributed by atoms with E-state index < -0.39 is 11.2 Å². The van der Waals surface area contributed by atoms with Gasteiger partial charge in [0.1, 0.15) is 0 Å². The minimum absolute atomic E-state index is 0.0187. The van der Waals surface area contributed by atoms with Gasteiger partial charge >= 0.3 is 6.03 Å². The fourth-order valence-electron chi connectivity index (χ4n) is 4.41. The van der Waals surface area contributed by atoms with Gasteiger partial charge in [0.25, 0.3) is 0 Å². The molecule has 0 radical (unpaired) electrons. The number of nitrogens with zero attached hydrogens (tertiary/aromatic N) is 2. The van der Waals surface area contributed by atoms with Crippen LogP contribution in [0.25, 0.3) is 0 Å². The molecule has 148 valence electrons. The zero-order valence-corrected chi connectivity index (χ0v) is 16.1. The molecule has 0 aromatic heterocycles. The molecule has 2 aromatic rings. The molecule has 5 nitrogen and oxygen atoms in total. The lowest BCUT2D eigenvalue weighted by Gasteiger charge is -2.43. The molecule has 0 unspecified atom stereocenters. The van der Waals surface area contributed by atoms with Crippen molar-refractivity contribution in [2.45, 2.75) is 36.9 Å². The number of piperidine rings is 2. The Hall–Kier alpha value is -2.37. The molecule has 0 bridgehead atoms. The van der Waals surface area contributed by atoms with Crippen molar-refractivity contribution < 1.29 is 15.0 Å². The van der Waals surface area contributed by atoms with Crippen molar-refractivity contribution in [3.05, 3.63) is 71.8 Å². The second-order valence-electron chi connectivity index (χ2n) is 8.05. The molecule has 0 aliphatic carbocycles. The summed E-state index contributed by atoms with van der Waals surface area (Å²) in [6.07, 6.45) is 2.18. The SMILES string of the molecule is O=C(N1CCC(O)(c2ccccc2)CC1)N1CCC(O)(c2ccccc2)CC1. The second kappa shape index (κ2) is 7.57. The Kier molecular flexibility index (Phi) is 5.13. The summed E-state index contributed by atoms with van der Waals surface area (Å²) in [4.78, 5) is 16.6. The van der Waals surface area contributed by atoms with Gasteiger partial charge in [0, 0.05) is 26.2 Å². The van der Waals surface area contributed by atoms with Crippen LogP contribution in [0.3, 0.4) is 0 Å². The maximum absolute atomic E-state index is 12.9. The van der Waals surface area contributed by atoms with Gasteiger partial charge in [-0.15, -0.1) is 0 Å². The van der Waals surface area contributed by atoms with Crippen LogP contribution >= 0.6 is 0 Å². The third-order valence-electron chi connectivity index (χ3n) is 6.34. The lowest BCUT2D eigenvalue weighted by Crippen LogP contribution is -2.53. The van der Waals surface area contributed by atoms with Crippen molar-refractivity contribution in [2.75, 3.05) is 26.2 Å². The van der Waals surface area contributed by atoms with Gasteiger partial charge < -0.3 is 20.0 Å². The lowest BCUT2D eigenvalue weighted by atomic mass is 9.84. The van der Waals surface area contributed by atoms with Crippen molar-refractivity contribution in [2.24, 2.45) is 0 Å². The number of carbonyl (C=O) groups is 1. The number of urea groups is 1. The third kappa shape index (κ3) is 3.64. The van der Waals surface area contributed by atoms with Crippen molar-refractivity contribution in [3.63, 3.8) is 0 Å². The molecule has 2 fully saturated rings. The van der Waals surface area contributed by atoms with Crippen LogP contribution in [0.1, 0.15) is 36.8 Å². The van der Waals surface area contributed by atoms with Crippen LogP contribution < -0.4 is 0 Å². The van der Waals surface area contributed by atoms with Crippen LogP contribution in [0.4, 0.5) is 4.79 Å². The zero-order chi connectivity index (χ0) is 19.6. The standard InChI is InChI=1S/C23H28N2O3/c26-21(24-15-11-22(27,12-16-24)19-7-3-1-4-8-19)25-17-13-23(28,14-18-25)20-9-5-2-6-10-20/h1-10,27-28H,11-18H2. The number of carbonyl (C=O) groups excluding carboxylic acids is 1. The van der Waals surface area contributed by atoms with Crippen LogP contribution in [0.15, 0.2) is 60.7 Å². The highest BCUT2D eigenvalue weighted by Gasteiger charge is 2.39. The number of benzene rings is 2. The van der Waals surface area contributed by atoms with E-state index in [4.69, 9.17) is 0 Å². The number of hydrogen-bond donors (Lipinski definition) is 2. The van der Waals surface area contributed by atoms with E-state index in [1.165, 1.54) is 0 Å². The molecule has 2 aliphatic rings. The van der Waals surface area contributed by atoms with E-state index in [0.717, 1.165) is 11.1 Å². The maximum Gasteiger partial charge on any atom is 0.320 e. The van der Waals surface area contributed by atoms with Crippen molar-refractivity contribution in [1.82, 2.24) is 9.80 Å². The van der Waals surface area contributed by atoms with Crippen LogP contribution in [0.2, 0.25) is 0 Å². The van der Waals surface area contributed by atoms with Gasteiger partial charge in [0.15, 0.2) is 0 Å². The highest BCUT2D eigenvalue weighted by atomic mass is 16.3. The van der Waals surface area contributed by atoms with Crippen LogP contribution in [-0.4, -0.2) is 52.2 Å². The van der Waals surface area contributed by atoms with Gasteiger partial charge in [-0.05, 0) is 36.8 Å². The molecule has 2 amide bonds. The summed E-state index contributed by atoms with van der Waals surface area (Å²) < 4.78 is 0. The van der Waals surface area contributed by atoms with E-state index in [0.29, 0.717) is 51.9 Å². The number of likely N-dealkylation sites (tertiary alicyclic amines) is 2. The van der Waals surface area contributed by atoms with Gasteiger partial charge in [0.05, 0.1) is 11.2 Å². The van der Waals surface area contributed by atoms with Crippen LogP contribution in [-0.2, 0) is 11.2 Å². The number of amides is 2. The Balaban J connectivity index is 1.34. The van der Waals surface area contributed by atoms with Crippen molar-refractivity contribution >= 4 is 6.03 Å². The summed E-state index contributed by atoms with van der Waals surface area (Å²) in [7, 11) is 0. The van der Waals surface area contributed by atoms with E-state index >= 15 is 0 Å². The average molecular weight is 380 g/mol. The Bertz CT molecular complexity index is 726. The fourth-order valence-corrected chi connectivity index (χ4v) is 4.41. The van der Waals surface area contributed by atoms with Gasteiger partial charge in [-0.2, -0.15) is 0 Å². The van der Waals surface area contributed by atoms with Crippen LogP contribution in [0, 0.1) is 0 Å². The van der Waals surface area contributed by atoms with Gasteiger partial charge in [-0.1, -0.05) is 60.7 Å². The summed E-state index contributed by atoms with van der Waals surface area (Å²) in [6, 6.07) is 19.5. The maximum atomic E-state index is 12.9. The first-order valence-electron chi connectivity index (χ1n) is 10.1. The number of rotatable bonds is 2. The first-order valence-corrected chi connectivity index (χ1v) is 10.1. The fraction of sp³-hybridized carbons (Fsp3) is 0.435. The topological polar surface area (TPSA) is 64.0 Å². The Labute approximate surface area is 166 Å². The predicted molar refractivity (Wildman–Crippen MR) is 108 cm³/mol. The van der Waals surface area contributed by atoms with Crippen molar-refractivity contribution in [1.29, 1.82) is 0 Å². The molecule has 4 rings (SSSR count). The molecular formula is C23H28N2O3.